The van der Waals surface area contributed by atoms with E-state index in [0.717, 1.165) is 38.4 Å². The molecule has 1 N–H and O–H groups in total. The van der Waals surface area contributed by atoms with Crippen molar-refractivity contribution in [2.45, 2.75) is 6.54 Å². The van der Waals surface area contributed by atoms with Crippen LogP contribution in [0, 0.1) is 0 Å². The number of carbonyl (C=O) groups excluding carboxylic acids is 1. The summed E-state index contributed by atoms with van der Waals surface area (Å²) in [6, 6.07) is 9.89. The van der Waals surface area contributed by atoms with Gasteiger partial charge >= 0.3 is 5.97 Å². The summed E-state index contributed by atoms with van der Waals surface area (Å²) < 4.78 is 10.2. The van der Waals surface area contributed by atoms with Gasteiger partial charge in [0.05, 0.1) is 25.9 Å². The van der Waals surface area contributed by atoms with Crippen molar-refractivity contribution in [2.24, 2.45) is 0 Å². The van der Waals surface area contributed by atoms with E-state index in [1.807, 2.05) is 12.1 Å². The summed E-state index contributed by atoms with van der Waals surface area (Å²) in [6.07, 6.45) is 1.57. The van der Waals surface area contributed by atoms with Gasteiger partial charge < -0.3 is 14.5 Å². The molecule has 4 rings (SSSR count). The second-order valence-corrected chi connectivity index (χ2v) is 6.22. The normalized spacial score (nSPS) is 15.3. The molecule has 7 heteroatoms. The van der Waals surface area contributed by atoms with Crippen LogP contribution in [0.2, 0.25) is 0 Å². The molecule has 134 valence electrons. The molecular weight excluding hydrogens is 332 g/mol. The molecule has 1 aliphatic heterocycles. The van der Waals surface area contributed by atoms with Crippen LogP contribution in [-0.4, -0.2) is 59.2 Å². The third-order valence-corrected chi connectivity index (χ3v) is 4.53. The van der Waals surface area contributed by atoms with Gasteiger partial charge in [-0.25, -0.2) is 14.8 Å². The number of methoxy groups -OCH3 is 1. The van der Waals surface area contributed by atoms with E-state index in [4.69, 9.17) is 9.47 Å². The predicted molar refractivity (Wildman–Crippen MR) is 96.8 cm³/mol. The Morgan fingerprint density at radius 1 is 1.23 bits per heavy atom. The summed E-state index contributed by atoms with van der Waals surface area (Å²) in [5.41, 5.74) is 3.70. The zero-order chi connectivity index (χ0) is 17.9. The number of nitrogens with zero attached hydrogens (tertiary/aromatic N) is 3. The highest BCUT2D eigenvalue weighted by Crippen LogP contribution is 2.22. The molecule has 3 heterocycles. The Labute approximate surface area is 151 Å². The van der Waals surface area contributed by atoms with Crippen molar-refractivity contribution in [3.8, 4) is 11.4 Å². The van der Waals surface area contributed by atoms with Crippen LogP contribution in [0.5, 0.6) is 0 Å². The SMILES string of the molecule is COC(=O)c1ccnc2[nH]c(-c3ccc(CN4CCOCC4)cc3)nc12. The molecule has 2 aromatic heterocycles. The molecule has 0 radical (unpaired) electrons. The molecule has 0 aliphatic carbocycles. The highest BCUT2D eigenvalue weighted by atomic mass is 16.5. The van der Waals surface area contributed by atoms with E-state index >= 15 is 0 Å². The number of aromatic amines is 1. The number of rotatable bonds is 4. The molecule has 0 unspecified atom stereocenters. The van der Waals surface area contributed by atoms with E-state index in [1.54, 1.807) is 12.3 Å². The quantitative estimate of drug-likeness (QED) is 0.726. The standard InChI is InChI=1S/C19H20N4O3/c1-25-19(24)15-6-7-20-18-16(15)21-17(22-18)14-4-2-13(3-5-14)12-23-8-10-26-11-9-23/h2-7H,8-12H2,1H3,(H,20,21,22). The molecule has 0 atom stereocenters. The second-order valence-electron chi connectivity index (χ2n) is 6.22. The van der Waals surface area contributed by atoms with Crippen LogP contribution in [0.25, 0.3) is 22.6 Å². The van der Waals surface area contributed by atoms with Gasteiger partial charge in [-0.1, -0.05) is 24.3 Å². The number of morpholine rings is 1. The minimum absolute atomic E-state index is 0.406. The Hall–Kier alpha value is -2.77. The minimum Gasteiger partial charge on any atom is -0.465 e. The van der Waals surface area contributed by atoms with E-state index in [-0.39, 0.29) is 0 Å². The lowest BCUT2D eigenvalue weighted by atomic mass is 10.1. The number of imidazole rings is 1. The number of fused-ring (bicyclic) bond motifs is 1. The number of H-pyrrole nitrogens is 1. The van der Waals surface area contributed by atoms with Gasteiger partial charge in [-0.05, 0) is 11.6 Å². The lowest BCUT2D eigenvalue weighted by molar-refractivity contribution is 0.0342. The number of benzene rings is 1. The Morgan fingerprint density at radius 3 is 2.73 bits per heavy atom. The third-order valence-electron chi connectivity index (χ3n) is 4.53. The molecule has 3 aromatic rings. The van der Waals surface area contributed by atoms with E-state index in [1.165, 1.54) is 12.7 Å². The van der Waals surface area contributed by atoms with Crippen molar-refractivity contribution in [3.05, 3.63) is 47.7 Å². The van der Waals surface area contributed by atoms with Gasteiger partial charge in [0.15, 0.2) is 5.65 Å². The van der Waals surface area contributed by atoms with Gasteiger partial charge in [-0.3, -0.25) is 4.90 Å². The molecule has 0 spiro atoms. The smallest absolute Gasteiger partial charge is 0.340 e. The fourth-order valence-corrected chi connectivity index (χ4v) is 3.11. The summed E-state index contributed by atoms with van der Waals surface area (Å²) in [4.78, 5) is 26.3. The predicted octanol–water partition coefficient (Wildman–Crippen LogP) is 2.24. The van der Waals surface area contributed by atoms with Gasteiger partial charge in [-0.2, -0.15) is 0 Å². The first kappa shape index (κ1) is 16.7. The number of ether oxygens (including phenoxy) is 2. The largest absolute Gasteiger partial charge is 0.465 e. The number of hydrogen-bond acceptors (Lipinski definition) is 6. The minimum atomic E-state index is -0.420. The molecule has 26 heavy (non-hydrogen) atoms. The summed E-state index contributed by atoms with van der Waals surface area (Å²) in [6.45, 7) is 4.44. The number of hydrogen-bond donors (Lipinski definition) is 1. The molecule has 1 saturated heterocycles. The van der Waals surface area contributed by atoms with E-state index in [0.29, 0.717) is 22.6 Å². The van der Waals surface area contributed by atoms with Crippen LogP contribution in [0.3, 0.4) is 0 Å². The summed E-state index contributed by atoms with van der Waals surface area (Å²) in [5, 5.41) is 0. The van der Waals surface area contributed by atoms with Crippen LogP contribution in [0.4, 0.5) is 0 Å². The van der Waals surface area contributed by atoms with E-state index in [2.05, 4.69) is 32.0 Å². The van der Waals surface area contributed by atoms with Gasteiger partial charge in [-0.15, -0.1) is 0 Å². The molecule has 1 aliphatic rings. The number of esters is 1. The lowest BCUT2D eigenvalue weighted by Gasteiger charge is -2.26. The van der Waals surface area contributed by atoms with Crippen LogP contribution in [0.15, 0.2) is 36.5 Å². The van der Waals surface area contributed by atoms with Gasteiger partial charge in [0.2, 0.25) is 0 Å². The van der Waals surface area contributed by atoms with Crippen LogP contribution >= 0.6 is 0 Å². The first-order valence-electron chi connectivity index (χ1n) is 8.57. The van der Waals surface area contributed by atoms with Crippen molar-refractivity contribution in [1.82, 2.24) is 19.9 Å². The van der Waals surface area contributed by atoms with Crippen molar-refractivity contribution in [2.75, 3.05) is 33.4 Å². The Balaban J connectivity index is 1.58. The molecule has 0 saturated carbocycles. The summed E-state index contributed by atoms with van der Waals surface area (Å²) in [5.74, 6) is 0.262. The average Bonchev–Trinajstić information content (AvgIpc) is 3.13. The zero-order valence-corrected chi connectivity index (χ0v) is 14.6. The molecule has 1 aromatic carbocycles. The molecule has 1 fully saturated rings. The third kappa shape index (κ3) is 3.31. The number of carbonyl (C=O) groups is 1. The maximum absolute atomic E-state index is 11.9. The maximum Gasteiger partial charge on any atom is 0.340 e. The van der Waals surface area contributed by atoms with Crippen LogP contribution in [0.1, 0.15) is 15.9 Å². The highest BCUT2D eigenvalue weighted by Gasteiger charge is 2.16. The second kappa shape index (κ2) is 7.23. The number of aromatic nitrogens is 3. The van der Waals surface area contributed by atoms with Gasteiger partial charge in [0, 0.05) is 31.4 Å². The fourth-order valence-electron chi connectivity index (χ4n) is 3.11. The molecule has 7 nitrogen and oxygen atoms in total. The van der Waals surface area contributed by atoms with Gasteiger partial charge in [0.25, 0.3) is 0 Å². The maximum atomic E-state index is 11.9. The molecule has 0 bridgehead atoms. The van der Waals surface area contributed by atoms with Crippen LogP contribution in [-0.2, 0) is 16.0 Å². The van der Waals surface area contributed by atoms with Crippen molar-refractivity contribution < 1.29 is 14.3 Å². The average molecular weight is 352 g/mol. The number of nitrogens with one attached hydrogen (secondary N) is 1. The summed E-state index contributed by atoms with van der Waals surface area (Å²) >= 11 is 0. The number of pyridine rings is 1. The fraction of sp³-hybridized carbons (Fsp3) is 0.316. The molecule has 0 amide bonds. The highest BCUT2D eigenvalue weighted by molar-refractivity contribution is 6.01. The van der Waals surface area contributed by atoms with Crippen molar-refractivity contribution >= 4 is 17.1 Å². The van der Waals surface area contributed by atoms with E-state index < -0.39 is 5.97 Å². The Bertz CT molecular complexity index is 914. The zero-order valence-electron chi connectivity index (χ0n) is 14.6. The summed E-state index contributed by atoms with van der Waals surface area (Å²) in [7, 11) is 1.36. The molecular formula is C19H20N4O3. The topological polar surface area (TPSA) is 80.3 Å². The van der Waals surface area contributed by atoms with Crippen LogP contribution < -0.4 is 0 Å². The Morgan fingerprint density at radius 2 is 2.00 bits per heavy atom. The van der Waals surface area contributed by atoms with Gasteiger partial charge in [0.1, 0.15) is 11.3 Å². The monoisotopic (exact) mass is 352 g/mol. The van der Waals surface area contributed by atoms with Crippen molar-refractivity contribution in [1.29, 1.82) is 0 Å². The lowest BCUT2D eigenvalue weighted by Crippen LogP contribution is -2.35. The first-order chi connectivity index (χ1) is 12.7. The van der Waals surface area contributed by atoms with E-state index in [9.17, 15) is 4.79 Å². The first-order valence-corrected chi connectivity index (χ1v) is 8.57. The van der Waals surface area contributed by atoms with Crippen molar-refractivity contribution in [3.63, 3.8) is 0 Å². The Kier molecular flexibility index (Phi) is 4.64.